The van der Waals surface area contributed by atoms with E-state index in [9.17, 15) is 0 Å². The number of aromatic nitrogens is 2. The Morgan fingerprint density at radius 2 is 2.06 bits per heavy atom. The highest BCUT2D eigenvalue weighted by molar-refractivity contribution is 5.53. The van der Waals surface area contributed by atoms with Crippen LogP contribution in [-0.2, 0) is 7.05 Å². The Morgan fingerprint density at radius 1 is 1.25 bits per heavy atom. The molecule has 3 nitrogen and oxygen atoms in total. The highest BCUT2D eigenvalue weighted by Crippen LogP contribution is 2.45. The number of hydrogen-bond donors (Lipinski definition) is 1. The average molecular weight is 219 g/mol. The zero-order chi connectivity index (χ0) is 11.3. The molecule has 0 amide bonds. The van der Waals surface area contributed by atoms with Crippen LogP contribution in [0.3, 0.4) is 0 Å². The zero-order valence-electron chi connectivity index (χ0n) is 10.5. The SMILES string of the molecule is Cc1nn(C)c(C)c1N[C@@H]1C[C@H]2CC[C@H]1C2. The van der Waals surface area contributed by atoms with E-state index >= 15 is 0 Å². The van der Waals surface area contributed by atoms with Gasteiger partial charge in [0, 0.05) is 13.1 Å². The maximum absolute atomic E-state index is 4.47. The molecule has 3 atom stereocenters. The van der Waals surface area contributed by atoms with Gasteiger partial charge in [0.05, 0.1) is 17.1 Å². The van der Waals surface area contributed by atoms with Crippen molar-refractivity contribution in [2.75, 3.05) is 5.32 Å². The number of hydrogen-bond acceptors (Lipinski definition) is 2. The van der Waals surface area contributed by atoms with Gasteiger partial charge in [0.25, 0.3) is 0 Å². The summed E-state index contributed by atoms with van der Waals surface area (Å²) in [5, 5.41) is 8.22. The summed E-state index contributed by atoms with van der Waals surface area (Å²) in [7, 11) is 2.02. The summed E-state index contributed by atoms with van der Waals surface area (Å²) in [6.07, 6.45) is 5.73. The summed E-state index contributed by atoms with van der Waals surface area (Å²) in [4.78, 5) is 0. The molecule has 1 aromatic heterocycles. The van der Waals surface area contributed by atoms with Crippen LogP contribution in [0.2, 0.25) is 0 Å². The van der Waals surface area contributed by atoms with Crippen LogP contribution < -0.4 is 5.32 Å². The zero-order valence-corrected chi connectivity index (χ0v) is 10.5. The molecule has 0 radical (unpaired) electrons. The van der Waals surface area contributed by atoms with E-state index in [0.717, 1.165) is 17.5 Å². The molecule has 0 saturated heterocycles. The molecular formula is C13H21N3. The lowest BCUT2D eigenvalue weighted by Crippen LogP contribution is -2.26. The molecule has 0 spiro atoms. The highest BCUT2D eigenvalue weighted by atomic mass is 15.3. The molecule has 0 aromatic carbocycles. The van der Waals surface area contributed by atoms with E-state index in [-0.39, 0.29) is 0 Å². The van der Waals surface area contributed by atoms with Crippen molar-refractivity contribution in [1.82, 2.24) is 9.78 Å². The second kappa shape index (κ2) is 3.51. The minimum atomic E-state index is 0.709. The van der Waals surface area contributed by atoms with Crippen molar-refractivity contribution >= 4 is 5.69 Å². The van der Waals surface area contributed by atoms with Crippen molar-refractivity contribution in [2.24, 2.45) is 18.9 Å². The van der Waals surface area contributed by atoms with E-state index in [1.807, 2.05) is 11.7 Å². The molecule has 2 saturated carbocycles. The first-order chi connectivity index (χ1) is 7.65. The van der Waals surface area contributed by atoms with Crippen LogP contribution in [0, 0.1) is 25.7 Å². The van der Waals surface area contributed by atoms with Gasteiger partial charge in [-0.25, -0.2) is 0 Å². The number of anilines is 1. The molecule has 2 aliphatic carbocycles. The van der Waals surface area contributed by atoms with Gasteiger partial charge in [-0.05, 0) is 44.9 Å². The summed E-state index contributed by atoms with van der Waals surface area (Å²) in [5.74, 6) is 1.92. The van der Waals surface area contributed by atoms with Crippen LogP contribution >= 0.6 is 0 Å². The van der Waals surface area contributed by atoms with Crippen molar-refractivity contribution in [3.8, 4) is 0 Å². The second-order valence-electron chi connectivity index (χ2n) is 5.60. The van der Waals surface area contributed by atoms with Crippen LogP contribution in [0.15, 0.2) is 0 Å². The van der Waals surface area contributed by atoms with Crippen LogP contribution in [0.1, 0.15) is 37.1 Å². The van der Waals surface area contributed by atoms with E-state index < -0.39 is 0 Å². The first kappa shape index (κ1) is 10.2. The Kier molecular flexibility index (Phi) is 2.23. The van der Waals surface area contributed by atoms with Crippen molar-refractivity contribution in [3.63, 3.8) is 0 Å². The van der Waals surface area contributed by atoms with Gasteiger partial charge >= 0.3 is 0 Å². The maximum atomic E-state index is 4.47. The molecule has 1 aromatic rings. The summed E-state index contributed by atoms with van der Waals surface area (Å²) in [6, 6.07) is 0.709. The van der Waals surface area contributed by atoms with Crippen LogP contribution in [0.5, 0.6) is 0 Å². The van der Waals surface area contributed by atoms with E-state index in [4.69, 9.17) is 0 Å². The third-order valence-corrected chi connectivity index (χ3v) is 4.58. The molecule has 1 N–H and O–H groups in total. The third kappa shape index (κ3) is 1.45. The molecule has 2 bridgehead atoms. The predicted molar refractivity (Wildman–Crippen MR) is 65.5 cm³/mol. The molecule has 2 fully saturated rings. The summed E-state index contributed by atoms with van der Waals surface area (Å²) >= 11 is 0. The molecule has 0 unspecified atom stereocenters. The van der Waals surface area contributed by atoms with Gasteiger partial charge in [-0.3, -0.25) is 4.68 Å². The van der Waals surface area contributed by atoms with E-state index in [0.29, 0.717) is 6.04 Å². The minimum Gasteiger partial charge on any atom is -0.379 e. The lowest BCUT2D eigenvalue weighted by atomic mass is 9.95. The number of rotatable bonds is 2. The summed E-state index contributed by atoms with van der Waals surface area (Å²) in [6.45, 7) is 4.25. The smallest absolute Gasteiger partial charge is 0.0827 e. The number of fused-ring (bicyclic) bond motifs is 2. The lowest BCUT2D eigenvalue weighted by molar-refractivity contribution is 0.439. The Bertz CT molecular complexity index is 408. The molecule has 0 aliphatic heterocycles. The Hall–Kier alpha value is -0.990. The van der Waals surface area contributed by atoms with Crippen LogP contribution in [-0.4, -0.2) is 15.8 Å². The fraction of sp³-hybridized carbons (Fsp3) is 0.769. The van der Waals surface area contributed by atoms with Gasteiger partial charge in [0.2, 0.25) is 0 Å². The first-order valence-electron chi connectivity index (χ1n) is 6.42. The Morgan fingerprint density at radius 3 is 2.56 bits per heavy atom. The van der Waals surface area contributed by atoms with E-state index in [1.54, 1.807) is 0 Å². The van der Waals surface area contributed by atoms with Gasteiger partial charge in [-0.15, -0.1) is 0 Å². The maximum Gasteiger partial charge on any atom is 0.0827 e. The summed E-state index contributed by atoms with van der Waals surface area (Å²) < 4.78 is 1.98. The fourth-order valence-corrected chi connectivity index (χ4v) is 3.59. The Balaban J connectivity index is 1.79. The average Bonchev–Trinajstić information content (AvgIpc) is 2.90. The Labute approximate surface area is 97.2 Å². The van der Waals surface area contributed by atoms with Gasteiger partial charge < -0.3 is 5.32 Å². The molecule has 3 rings (SSSR count). The largest absolute Gasteiger partial charge is 0.379 e. The molecular weight excluding hydrogens is 198 g/mol. The minimum absolute atomic E-state index is 0.709. The standard InChI is InChI=1S/C13H21N3/c1-8-13(9(2)16(3)15-8)14-12-7-10-4-5-11(12)6-10/h10-12,14H,4-7H2,1-3H3/t10-,11-,12+/m0/s1. The third-order valence-electron chi connectivity index (χ3n) is 4.58. The normalized spacial score (nSPS) is 32.3. The van der Waals surface area contributed by atoms with Gasteiger partial charge in [-0.2, -0.15) is 5.10 Å². The fourth-order valence-electron chi connectivity index (χ4n) is 3.59. The van der Waals surface area contributed by atoms with Crippen molar-refractivity contribution < 1.29 is 0 Å². The number of aryl methyl sites for hydroxylation is 2. The molecule has 16 heavy (non-hydrogen) atoms. The quantitative estimate of drug-likeness (QED) is 0.828. The van der Waals surface area contributed by atoms with Crippen molar-refractivity contribution in [1.29, 1.82) is 0 Å². The van der Waals surface area contributed by atoms with Gasteiger partial charge in [-0.1, -0.05) is 6.42 Å². The van der Waals surface area contributed by atoms with Crippen molar-refractivity contribution in [3.05, 3.63) is 11.4 Å². The monoisotopic (exact) mass is 219 g/mol. The number of nitrogens with one attached hydrogen (secondary N) is 1. The summed E-state index contributed by atoms with van der Waals surface area (Å²) in [5.41, 5.74) is 3.68. The molecule has 1 heterocycles. The van der Waals surface area contributed by atoms with Crippen LogP contribution in [0.4, 0.5) is 5.69 Å². The van der Waals surface area contributed by atoms with E-state index in [2.05, 4.69) is 24.3 Å². The number of nitrogens with zero attached hydrogens (tertiary/aromatic N) is 2. The molecule has 88 valence electrons. The van der Waals surface area contributed by atoms with E-state index in [1.165, 1.54) is 37.1 Å². The van der Waals surface area contributed by atoms with Crippen LogP contribution in [0.25, 0.3) is 0 Å². The molecule has 3 heteroatoms. The molecule has 2 aliphatic rings. The van der Waals surface area contributed by atoms with Crippen molar-refractivity contribution in [2.45, 2.75) is 45.6 Å². The lowest BCUT2D eigenvalue weighted by Gasteiger charge is -2.24. The van der Waals surface area contributed by atoms with Gasteiger partial charge in [0.15, 0.2) is 0 Å². The second-order valence-corrected chi connectivity index (χ2v) is 5.60. The topological polar surface area (TPSA) is 29.9 Å². The first-order valence-corrected chi connectivity index (χ1v) is 6.42. The van der Waals surface area contributed by atoms with Gasteiger partial charge in [0.1, 0.15) is 0 Å². The predicted octanol–water partition coefficient (Wildman–Crippen LogP) is 2.64. The highest BCUT2D eigenvalue weighted by Gasteiger charge is 2.39.